The molecule has 0 aromatic carbocycles. The molecular formula is C19H39N2O6S+. The van der Waals surface area contributed by atoms with Crippen LogP contribution in [0.5, 0.6) is 0 Å². The molecule has 2 aliphatic carbocycles. The molecule has 0 radical (unpaired) electrons. The highest BCUT2D eigenvalue weighted by Gasteiger charge is 2.33. The lowest BCUT2D eigenvalue weighted by Crippen LogP contribution is -2.50. The van der Waals surface area contributed by atoms with Gasteiger partial charge in [-0.2, -0.15) is 8.42 Å². The minimum absolute atomic E-state index is 0.0418. The van der Waals surface area contributed by atoms with Crippen LogP contribution in [0.3, 0.4) is 0 Å². The fourth-order valence-corrected chi connectivity index (χ4v) is 3.93. The minimum atomic E-state index is -4.67. The van der Waals surface area contributed by atoms with E-state index >= 15 is 0 Å². The van der Waals surface area contributed by atoms with Gasteiger partial charge >= 0.3 is 16.5 Å². The molecule has 0 unspecified atom stereocenters. The lowest BCUT2D eigenvalue weighted by Gasteiger charge is -2.41. The molecule has 0 spiro atoms. The summed E-state index contributed by atoms with van der Waals surface area (Å²) in [4.78, 5) is 15.0. The Bertz CT molecular complexity index is 529. The normalized spacial score (nSPS) is 19.5. The summed E-state index contributed by atoms with van der Waals surface area (Å²) in [7, 11) is -0.290. The van der Waals surface area contributed by atoms with E-state index in [0.29, 0.717) is 18.7 Å². The SMILES string of the molecule is CC[N+](C)(C)CCOC(=O)N(C1CCCCC1)C1CCCCC1.O=S(=O)(O)O. The first-order valence-electron chi connectivity index (χ1n) is 10.5. The lowest BCUT2D eigenvalue weighted by molar-refractivity contribution is -0.888. The monoisotopic (exact) mass is 423 g/mol. The van der Waals surface area contributed by atoms with Gasteiger partial charge in [-0.3, -0.25) is 9.11 Å². The van der Waals surface area contributed by atoms with Gasteiger partial charge in [0.2, 0.25) is 0 Å². The molecule has 0 aliphatic heterocycles. The van der Waals surface area contributed by atoms with Crippen molar-refractivity contribution < 1.29 is 31.5 Å². The number of carbonyl (C=O) groups excluding carboxylic acids is 1. The van der Waals surface area contributed by atoms with Crippen LogP contribution in [0.25, 0.3) is 0 Å². The molecular weight excluding hydrogens is 384 g/mol. The Morgan fingerprint density at radius 2 is 1.36 bits per heavy atom. The van der Waals surface area contributed by atoms with Gasteiger partial charge in [-0.1, -0.05) is 38.5 Å². The second kappa shape index (κ2) is 11.9. The van der Waals surface area contributed by atoms with Crippen molar-refractivity contribution in [2.24, 2.45) is 0 Å². The van der Waals surface area contributed by atoms with Gasteiger partial charge in [0.05, 0.1) is 20.6 Å². The summed E-state index contributed by atoms with van der Waals surface area (Å²) in [6.07, 6.45) is 12.3. The summed E-state index contributed by atoms with van der Waals surface area (Å²) in [6, 6.07) is 0.848. The fraction of sp³-hybridized carbons (Fsp3) is 0.947. The Morgan fingerprint density at radius 3 is 1.71 bits per heavy atom. The molecule has 0 heterocycles. The molecule has 2 N–H and O–H groups in total. The number of quaternary nitrogens is 1. The van der Waals surface area contributed by atoms with Crippen molar-refractivity contribution in [3.63, 3.8) is 0 Å². The van der Waals surface area contributed by atoms with Crippen molar-refractivity contribution in [3.05, 3.63) is 0 Å². The Hall–Kier alpha value is -0.900. The van der Waals surface area contributed by atoms with Gasteiger partial charge in [0.25, 0.3) is 0 Å². The van der Waals surface area contributed by atoms with Crippen molar-refractivity contribution in [1.29, 1.82) is 0 Å². The van der Waals surface area contributed by atoms with Gasteiger partial charge in [0.15, 0.2) is 0 Å². The van der Waals surface area contributed by atoms with Crippen molar-refractivity contribution in [2.45, 2.75) is 83.2 Å². The maximum Gasteiger partial charge on any atom is 0.410 e. The number of likely N-dealkylation sites (N-methyl/N-ethyl adjacent to an activating group) is 1. The van der Waals surface area contributed by atoms with Gasteiger partial charge < -0.3 is 14.1 Å². The predicted molar refractivity (Wildman–Crippen MR) is 109 cm³/mol. The largest absolute Gasteiger partial charge is 0.443 e. The maximum atomic E-state index is 12.8. The summed E-state index contributed by atoms with van der Waals surface area (Å²) in [5.41, 5.74) is 0. The highest BCUT2D eigenvalue weighted by molar-refractivity contribution is 7.79. The average molecular weight is 424 g/mol. The average Bonchev–Trinajstić information content (AvgIpc) is 2.62. The van der Waals surface area contributed by atoms with Crippen LogP contribution in [0.1, 0.15) is 71.1 Å². The molecule has 2 saturated carbocycles. The van der Waals surface area contributed by atoms with Gasteiger partial charge in [0.1, 0.15) is 13.2 Å². The van der Waals surface area contributed by atoms with Gasteiger partial charge in [-0.25, -0.2) is 4.79 Å². The van der Waals surface area contributed by atoms with E-state index in [0.717, 1.165) is 17.6 Å². The lowest BCUT2D eigenvalue weighted by atomic mass is 9.89. The fourth-order valence-electron chi connectivity index (χ4n) is 3.93. The topological polar surface area (TPSA) is 104 Å². The third kappa shape index (κ3) is 10.6. The number of hydrogen-bond acceptors (Lipinski definition) is 4. The molecule has 2 aliphatic rings. The zero-order valence-corrected chi connectivity index (χ0v) is 18.5. The Kier molecular flexibility index (Phi) is 10.7. The molecule has 0 bridgehead atoms. The smallest absolute Gasteiger partial charge is 0.410 e. The van der Waals surface area contributed by atoms with E-state index in [1.54, 1.807) is 0 Å². The molecule has 166 valence electrons. The number of hydrogen-bond donors (Lipinski definition) is 2. The molecule has 1 amide bonds. The molecule has 28 heavy (non-hydrogen) atoms. The van der Waals surface area contributed by atoms with Crippen LogP contribution >= 0.6 is 0 Å². The summed E-state index contributed by atoms with van der Waals surface area (Å²) in [5, 5.41) is 0. The number of carbonyl (C=O) groups is 1. The molecule has 2 rings (SSSR count). The second-order valence-electron chi connectivity index (χ2n) is 8.53. The first-order valence-corrected chi connectivity index (χ1v) is 11.9. The Labute approximate surface area is 170 Å². The van der Waals surface area contributed by atoms with Gasteiger partial charge in [0, 0.05) is 12.1 Å². The molecule has 0 aromatic rings. The molecule has 0 atom stereocenters. The number of amides is 1. The van der Waals surface area contributed by atoms with Crippen molar-refractivity contribution in [1.82, 2.24) is 4.90 Å². The summed E-state index contributed by atoms with van der Waals surface area (Å²) in [5.74, 6) is 0. The number of rotatable bonds is 6. The summed E-state index contributed by atoms with van der Waals surface area (Å²) in [6.45, 7) is 4.67. The molecule has 9 heteroatoms. The van der Waals surface area contributed by atoms with Crippen LogP contribution in [0.4, 0.5) is 4.79 Å². The highest BCUT2D eigenvalue weighted by Crippen LogP contribution is 2.30. The maximum absolute atomic E-state index is 12.8. The molecule has 0 aromatic heterocycles. The third-order valence-corrected chi connectivity index (χ3v) is 5.93. The molecule has 8 nitrogen and oxygen atoms in total. The van der Waals surface area contributed by atoms with E-state index in [-0.39, 0.29) is 6.09 Å². The van der Waals surface area contributed by atoms with E-state index in [1.165, 1.54) is 64.2 Å². The van der Waals surface area contributed by atoms with E-state index in [9.17, 15) is 4.79 Å². The second-order valence-corrected chi connectivity index (χ2v) is 9.42. The van der Waals surface area contributed by atoms with Gasteiger partial charge in [-0.15, -0.1) is 0 Å². The third-order valence-electron chi connectivity index (χ3n) is 5.93. The Morgan fingerprint density at radius 1 is 0.964 bits per heavy atom. The predicted octanol–water partition coefficient (Wildman–Crippen LogP) is 3.53. The van der Waals surface area contributed by atoms with Crippen LogP contribution in [0.15, 0.2) is 0 Å². The molecule has 2 fully saturated rings. The van der Waals surface area contributed by atoms with E-state index in [2.05, 4.69) is 25.9 Å². The van der Waals surface area contributed by atoms with Gasteiger partial charge in [-0.05, 0) is 32.6 Å². The van der Waals surface area contributed by atoms with Crippen LogP contribution in [0.2, 0.25) is 0 Å². The van der Waals surface area contributed by atoms with Crippen molar-refractivity contribution in [2.75, 3.05) is 33.8 Å². The van der Waals surface area contributed by atoms with Crippen molar-refractivity contribution in [3.8, 4) is 0 Å². The Balaban J connectivity index is 0.000000696. The van der Waals surface area contributed by atoms with Crippen LogP contribution in [0, 0.1) is 0 Å². The first-order chi connectivity index (χ1) is 13.0. The zero-order chi connectivity index (χ0) is 21.2. The minimum Gasteiger partial charge on any atom is -0.443 e. The van der Waals surface area contributed by atoms with Crippen molar-refractivity contribution >= 4 is 16.5 Å². The van der Waals surface area contributed by atoms with Crippen LogP contribution in [-0.2, 0) is 15.1 Å². The summed E-state index contributed by atoms with van der Waals surface area (Å²) < 4.78 is 38.2. The van der Waals surface area contributed by atoms with Crippen LogP contribution in [-0.4, -0.2) is 78.9 Å². The first kappa shape index (κ1) is 25.1. The summed E-state index contributed by atoms with van der Waals surface area (Å²) >= 11 is 0. The van der Waals surface area contributed by atoms with E-state index < -0.39 is 10.4 Å². The van der Waals surface area contributed by atoms with E-state index in [4.69, 9.17) is 22.3 Å². The highest BCUT2D eigenvalue weighted by atomic mass is 32.3. The standard InChI is InChI=1S/C19H37N2O2.H2O4S/c1-4-21(2,3)15-16-23-19(22)20(17-11-7-5-8-12-17)18-13-9-6-10-14-18;1-5(2,3)4/h17-18H,4-16H2,1-3H3;(H2,1,2,3,4)/q+1;. The molecule has 0 saturated heterocycles. The van der Waals surface area contributed by atoms with E-state index in [1.807, 2.05) is 0 Å². The van der Waals surface area contributed by atoms with Crippen LogP contribution < -0.4 is 0 Å². The number of nitrogens with zero attached hydrogens (tertiary/aromatic N) is 2. The zero-order valence-electron chi connectivity index (χ0n) is 17.7. The number of ether oxygens (including phenoxy) is 1. The quantitative estimate of drug-likeness (QED) is 0.500.